The number of hydrogen-bond donors (Lipinski definition) is 1. The molecule has 6 nitrogen and oxygen atoms in total. The summed E-state index contributed by atoms with van der Waals surface area (Å²) in [6.07, 6.45) is 4.21. The first-order valence-electron chi connectivity index (χ1n) is 7.09. The van der Waals surface area contributed by atoms with E-state index < -0.39 is 4.92 Å². The molecule has 2 aliphatic heterocycles. The molecule has 1 aromatic carbocycles. The largest absolute Gasteiger partial charge is 0.335 e. The topological polar surface area (TPSA) is 75.5 Å². The molecule has 1 aromatic rings. The molecular formula is C15H17N3O3. The number of likely N-dealkylation sites (tertiary alicyclic amines) is 1. The van der Waals surface area contributed by atoms with E-state index in [0.717, 1.165) is 26.1 Å². The minimum atomic E-state index is -0.436. The molecule has 0 radical (unpaired) electrons. The Morgan fingerprint density at radius 3 is 3.10 bits per heavy atom. The molecule has 0 bridgehead atoms. The van der Waals surface area contributed by atoms with Gasteiger partial charge in [0.2, 0.25) is 5.91 Å². The van der Waals surface area contributed by atoms with Gasteiger partial charge in [-0.15, -0.1) is 0 Å². The summed E-state index contributed by atoms with van der Waals surface area (Å²) in [7, 11) is 0. The lowest BCUT2D eigenvalue weighted by atomic mass is 10.1. The highest BCUT2D eigenvalue weighted by Crippen LogP contribution is 2.27. The maximum atomic E-state index is 12.3. The Hall–Kier alpha value is -2.21. The zero-order valence-electron chi connectivity index (χ0n) is 11.6. The molecule has 21 heavy (non-hydrogen) atoms. The van der Waals surface area contributed by atoms with E-state index in [1.807, 2.05) is 4.90 Å². The maximum Gasteiger partial charge on any atom is 0.270 e. The standard InChI is InChI=1S/C15H17N3O3/c19-15(17-7-6-12-9-16-10-14(12)17)5-4-11-2-1-3-13(8-11)18(20)21/h1-5,8,12,14,16H,6-7,9-10H2/b5-4+/t12-,14+/m0/s1. The number of nitro groups is 1. The Kier molecular flexibility index (Phi) is 3.70. The first-order valence-corrected chi connectivity index (χ1v) is 7.09. The molecule has 2 heterocycles. The molecule has 0 saturated carbocycles. The number of nitro benzene ring substituents is 1. The fourth-order valence-electron chi connectivity index (χ4n) is 3.13. The maximum absolute atomic E-state index is 12.3. The van der Waals surface area contributed by atoms with Crippen LogP contribution in [-0.4, -0.2) is 41.4 Å². The highest BCUT2D eigenvalue weighted by Gasteiger charge is 2.38. The van der Waals surface area contributed by atoms with Crippen molar-refractivity contribution in [1.82, 2.24) is 10.2 Å². The van der Waals surface area contributed by atoms with Crippen molar-refractivity contribution in [2.24, 2.45) is 5.92 Å². The van der Waals surface area contributed by atoms with Gasteiger partial charge in [-0.2, -0.15) is 0 Å². The van der Waals surface area contributed by atoms with Gasteiger partial charge in [0, 0.05) is 43.9 Å². The van der Waals surface area contributed by atoms with E-state index in [-0.39, 0.29) is 11.6 Å². The number of benzene rings is 1. The minimum absolute atomic E-state index is 0.0160. The van der Waals surface area contributed by atoms with E-state index in [2.05, 4.69) is 5.32 Å². The van der Waals surface area contributed by atoms with Crippen LogP contribution in [0.3, 0.4) is 0 Å². The lowest BCUT2D eigenvalue weighted by molar-refractivity contribution is -0.384. The average molecular weight is 287 g/mol. The first kappa shape index (κ1) is 13.8. The van der Waals surface area contributed by atoms with Crippen LogP contribution < -0.4 is 5.32 Å². The van der Waals surface area contributed by atoms with Crippen LogP contribution in [0.25, 0.3) is 6.08 Å². The van der Waals surface area contributed by atoms with Crippen molar-refractivity contribution < 1.29 is 9.72 Å². The smallest absolute Gasteiger partial charge is 0.270 e. The Morgan fingerprint density at radius 1 is 1.43 bits per heavy atom. The molecule has 0 spiro atoms. The van der Waals surface area contributed by atoms with E-state index in [1.165, 1.54) is 18.2 Å². The molecule has 0 aromatic heterocycles. The van der Waals surface area contributed by atoms with E-state index in [9.17, 15) is 14.9 Å². The third-order valence-corrected chi connectivity index (χ3v) is 4.23. The predicted octanol–water partition coefficient (Wildman–Crippen LogP) is 1.43. The van der Waals surface area contributed by atoms with Gasteiger partial charge in [-0.05, 0) is 24.0 Å². The average Bonchev–Trinajstić information content (AvgIpc) is 3.07. The van der Waals surface area contributed by atoms with Gasteiger partial charge in [0.05, 0.1) is 4.92 Å². The number of non-ortho nitro benzene ring substituents is 1. The van der Waals surface area contributed by atoms with Gasteiger partial charge < -0.3 is 10.2 Å². The highest BCUT2D eigenvalue weighted by molar-refractivity contribution is 5.92. The molecule has 1 amide bonds. The fraction of sp³-hybridized carbons (Fsp3) is 0.400. The Labute approximate surface area is 122 Å². The van der Waals surface area contributed by atoms with E-state index >= 15 is 0 Å². The summed E-state index contributed by atoms with van der Waals surface area (Å²) in [6.45, 7) is 2.65. The lowest BCUT2D eigenvalue weighted by Gasteiger charge is -2.21. The molecule has 1 N–H and O–H groups in total. The van der Waals surface area contributed by atoms with Crippen molar-refractivity contribution in [2.75, 3.05) is 19.6 Å². The fourth-order valence-corrected chi connectivity index (χ4v) is 3.13. The van der Waals surface area contributed by atoms with E-state index in [0.29, 0.717) is 17.5 Å². The molecule has 6 heteroatoms. The second-order valence-electron chi connectivity index (χ2n) is 5.49. The van der Waals surface area contributed by atoms with Crippen molar-refractivity contribution in [1.29, 1.82) is 0 Å². The second-order valence-corrected chi connectivity index (χ2v) is 5.49. The third kappa shape index (κ3) is 2.80. The van der Waals surface area contributed by atoms with Gasteiger partial charge in [-0.25, -0.2) is 0 Å². The molecule has 0 unspecified atom stereocenters. The number of amides is 1. The zero-order chi connectivity index (χ0) is 14.8. The normalized spacial score (nSPS) is 24.5. The third-order valence-electron chi connectivity index (χ3n) is 4.23. The van der Waals surface area contributed by atoms with Crippen LogP contribution in [0, 0.1) is 16.0 Å². The summed E-state index contributed by atoms with van der Waals surface area (Å²) in [6, 6.07) is 6.57. The van der Waals surface area contributed by atoms with Crippen LogP contribution in [-0.2, 0) is 4.79 Å². The van der Waals surface area contributed by atoms with Gasteiger partial charge in [-0.1, -0.05) is 12.1 Å². The molecular weight excluding hydrogens is 270 g/mol. The van der Waals surface area contributed by atoms with Gasteiger partial charge >= 0.3 is 0 Å². The summed E-state index contributed by atoms with van der Waals surface area (Å²) >= 11 is 0. The Morgan fingerprint density at radius 2 is 2.29 bits per heavy atom. The Balaban J connectivity index is 1.69. The van der Waals surface area contributed by atoms with Crippen molar-refractivity contribution in [3.05, 3.63) is 46.0 Å². The quantitative estimate of drug-likeness (QED) is 0.518. The number of rotatable bonds is 3. The van der Waals surface area contributed by atoms with Crippen molar-refractivity contribution in [3.63, 3.8) is 0 Å². The highest BCUT2D eigenvalue weighted by atomic mass is 16.6. The van der Waals surface area contributed by atoms with Crippen LogP contribution in [0.2, 0.25) is 0 Å². The molecule has 2 saturated heterocycles. The summed E-state index contributed by atoms with van der Waals surface area (Å²) in [5.41, 5.74) is 0.698. The number of nitrogens with zero attached hydrogens (tertiary/aromatic N) is 2. The van der Waals surface area contributed by atoms with Crippen LogP contribution in [0.15, 0.2) is 30.3 Å². The summed E-state index contributed by atoms with van der Waals surface area (Å²) < 4.78 is 0. The van der Waals surface area contributed by atoms with Gasteiger partial charge in [0.1, 0.15) is 0 Å². The predicted molar refractivity (Wildman–Crippen MR) is 78.6 cm³/mol. The van der Waals surface area contributed by atoms with Crippen molar-refractivity contribution >= 4 is 17.7 Å². The van der Waals surface area contributed by atoms with Crippen LogP contribution in [0.1, 0.15) is 12.0 Å². The summed E-state index contributed by atoms with van der Waals surface area (Å²) in [5, 5.41) is 14.0. The number of carbonyl (C=O) groups is 1. The minimum Gasteiger partial charge on any atom is -0.335 e. The van der Waals surface area contributed by atoms with Crippen LogP contribution >= 0.6 is 0 Å². The van der Waals surface area contributed by atoms with Crippen LogP contribution in [0.4, 0.5) is 5.69 Å². The van der Waals surface area contributed by atoms with Crippen LogP contribution in [0.5, 0.6) is 0 Å². The SMILES string of the molecule is O=C(/C=C/c1cccc([N+](=O)[O-])c1)N1CC[C@H]2CNC[C@H]21. The van der Waals surface area contributed by atoms with Gasteiger partial charge in [0.25, 0.3) is 5.69 Å². The molecule has 2 aliphatic rings. The number of fused-ring (bicyclic) bond motifs is 1. The summed E-state index contributed by atoms with van der Waals surface area (Å²) in [4.78, 5) is 24.4. The van der Waals surface area contributed by atoms with Crippen molar-refractivity contribution in [3.8, 4) is 0 Å². The number of hydrogen-bond acceptors (Lipinski definition) is 4. The lowest BCUT2D eigenvalue weighted by Crippen LogP contribution is -2.38. The van der Waals surface area contributed by atoms with Gasteiger partial charge in [-0.3, -0.25) is 14.9 Å². The second kappa shape index (κ2) is 5.65. The first-order chi connectivity index (χ1) is 10.1. The van der Waals surface area contributed by atoms with Gasteiger partial charge in [0.15, 0.2) is 0 Å². The molecule has 2 atom stereocenters. The molecule has 2 fully saturated rings. The Bertz CT molecular complexity index is 600. The number of carbonyl (C=O) groups excluding carboxylic acids is 1. The van der Waals surface area contributed by atoms with Crippen molar-refractivity contribution in [2.45, 2.75) is 12.5 Å². The monoisotopic (exact) mass is 287 g/mol. The van der Waals surface area contributed by atoms with E-state index in [4.69, 9.17) is 0 Å². The summed E-state index contributed by atoms with van der Waals surface area (Å²) in [5.74, 6) is 0.554. The molecule has 3 rings (SSSR count). The molecule has 110 valence electrons. The van der Waals surface area contributed by atoms with E-state index in [1.54, 1.807) is 18.2 Å². The number of nitrogens with one attached hydrogen (secondary N) is 1. The molecule has 0 aliphatic carbocycles. The zero-order valence-corrected chi connectivity index (χ0v) is 11.6.